The van der Waals surface area contributed by atoms with E-state index in [-0.39, 0.29) is 16.4 Å². The van der Waals surface area contributed by atoms with Crippen LogP contribution in [-0.2, 0) is 0 Å². The normalized spacial score (nSPS) is 10.8. The first-order valence-corrected chi connectivity index (χ1v) is 6.30. The predicted molar refractivity (Wildman–Crippen MR) is 77.8 cm³/mol. The molecule has 0 radical (unpaired) electrons. The van der Waals surface area contributed by atoms with Gasteiger partial charge in [0, 0.05) is 11.1 Å². The van der Waals surface area contributed by atoms with Gasteiger partial charge in [-0.15, -0.1) is 0 Å². The molecule has 0 saturated carbocycles. The van der Waals surface area contributed by atoms with Crippen molar-refractivity contribution in [2.45, 2.75) is 0 Å². The molecule has 0 heterocycles. The monoisotopic (exact) mass is 290 g/mol. The van der Waals surface area contributed by atoms with E-state index in [9.17, 15) is 9.18 Å². The third-order valence-corrected chi connectivity index (χ3v) is 3.11. The van der Waals surface area contributed by atoms with Crippen molar-refractivity contribution in [2.24, 2.45) is 0 Å². The first-order valence-electron chi connectivity index (χ1n) is 5.92. The lowest BCUT2D eigenvalue weighted by Crippen LogP contribution is -1.94. The minimum absolute atomic E-state index is 0.205. The summed E-state index contributed by atoms with van der Waals surface area (Å²) in [5.41, 5.74) is 0.700. The Morgan fingerprint density at radius 1 is 1.20 bits per heavy atom. The highest BCUT2D eigenvalue weighted by Crippen LogP contribution is 2.20. The van der Waals surface area contributed by atoms with Crippen molar-refractivity contribution in [3.63, 3.8) is 0 Å². The maximum absolute atomic E-state index is 13.5. The Bertz CT molecular complexity index is 628. The molecule has 0 spiro atoms. The highest BCUT2D eigenvalue weighted by molar-refractivity contribution is 6.32. The van der Waals surface area contributed by atoms with Crippen LogP contribution >= 0.6 is 11.6 Å². The first kappa shape index (κ1) is 14.3. The molecule has 2 aromatic rings. The number of benzene rings is 2. The van der Waals surface area contributed by atoms with Gasteiger partial charge in [0.05, 0.1) is 12.1 Å². The van der Waals surface area contributed by atoms with Gasteiger partial charge in [0.15, 0.2) is 5.78 Å². The van der Waals surface area contributed by atoms with E-state index in [0.717, 1.165) is 0 Å². The van der Waals surface area contributed by atoms with Crippen molar-refractivity contribution in [2.75, 3.05) is 7.11 Å². The van der Waals surface area contributed by atoms with E-state index >= 15 is 0 Å². The van der Waals surface area contributed by atoms with Crippen molar-refractivity contribution >= 4 is 23.5 Å². The number of methoxy groups -OCH3 is 1. The Kier molecular flexibility index (Phi) is 4.53. The average molecular weight is 291 g/mol. The number of carbonyl (C=O) groups is 1. The molecule has 0 aliphatic heterocycles. The lowest BCUT2D eigenvalue weighted by Gasteiger charge is -2.01. The summed E-state index contributed by atoms with van der Waals surface area (Å²) in [6.07, 6.45) is 2.68. The van der Waals surface area contributed by atoms with Gasteiger partial charge in [-0.05, 0) is 48.6 Å². The summed E-state index contributed by atoms with van der Waals surface area (Å²) >= 11 is 5.88. The summed E-state index contributed by atoms with van der Waals surface area (Å²) in [5, 5.41) is 0.267. The van der Waals surface area contributed by atoms with E-state index in [2.05, 4.69) is 0 Å². The van der Waals surface area contributed by atoms with Crippen LogP contribution in [0.25, 0.3) is 6.08 Å². The Morgan fingerprint density at radius 3 is 2.50 bits per heavy atom. The second-order valence-corrected chi connectivity index (χ2v) is 4.47. The zero-order valence-electron chi connectivity index (χ0n) is 10.8. The molecular weight excluding hydrogens is 279 g/mol. The number of allylic oxidation sites excluding steroid dienone is 1. The molecule has 0 aromatic heterocycles. The molecule has 0 aliphatic carbocycles. The minimum atomic E-state index is -0.462. The summed E-state index contributed by atoms with van der Waals surface area (Å²) in [7, 11) is 1.55. The highest BCUT2D eigenvalue weighted by Gasteiger charge is 2.05. The molecule has 102 valence electrons. The van der Waals surface area contributed by atoms with Crippen LogP contribution in [0, 0.1) is 5.82 Å². The Morgan fingerprint density at radius 2 is 1.90 bits per heavy atom. The van der Waals surface area contributed by atoms with Gasteiger partial charge < -0.3 is 4.74 Å². The summed E-state index contributed by atoms with van der Waals surface area (Å²) in [6, 6.07) is 11.1. The van der Waals surface area contributed by atoms with Crippen LogP contribution in [0.3, 0.4) is 0 Å². The fraction of sp³-hybridized carbons (Fsp3) is 0.0625. The number of halogens is 2. The van der Waals surface area contributed by atoms with E-state index in [0.29, 0.717) is 11.3 Å². The van der Waals surface area contributed by atoms with Crippen molar-refractivity contribution < 1.29 is 13.9 Å². The van der Waals surface area contributed by atoms with Crippen LogP contribution in [0.2, 0.25) is 5.02 Å². The quantitative estimate of drug-likeness (QED) is 0.617. The average Bonchev–Trinajstić information content (AvgIpc) is 2.46. The fourth-order valence-electron chi connectivity index (χ4n) is 1.68. The lowest BCUT2D eigenvalue weighted by molar-refractivity contribution is 0.104. The Balaban J connectivity index is 2.20. The summed E-state index contributed by atoms with van der Waals surface area (Å²) in [6.45, 7) is 0. The molecule has 2 rings (SSSR count). The third-order valence-electron chi connectivity index (χ3n) is 2.78. The van der Waals surface area contributed by atoms with Gasteiger partial charge in [-0.1, -0.05) is 17.7 Å². The topological polar surface area (TPSA) is 26.3 Å². The van der Waals surface area contributed by atoms with E-state index in [4.69, 9.17) is 16.3 Å². The van der Waals surface area contributed by atoms with Crippen LogP contribution < -0.4 is 4.74 Å². The minimum Gasteiger partial charge on any atom is -0.497 e. The zero-order chi connectivity index (χ0) is 14.5. The molecule has 0 aliphatic rings. The van der Waals surface area contributed by atoms with Crippen LogP contribution in [0.1, 0.15) is 15.9 Å². The maximum atomic E-state index is 13.5. The SMILES string of the molecule is COc1ccc(C(=O)/C=C\c2c(F)cccc2Cl)cc1. The van der Waals surface area contributed by atoms with E-state index in [1.165, 1.54) is 24.3 Å². The van der Waals surface area contributed by atoms with Gasteiger partial charge in [-0.25, -0.2) is 4.39 Å². The second kappa shape index (κ2) is 6.35. The fourth-order valence-corrected chi connectivity index (χ4v) is 1.91. The number of carbonyl (C=O) groups excluding carboxylic acids is 1. The van der Waals surface area contributed by atoms with Crippen LogP contribution in [0.4, 0.5) is 4.39 Å². The van der Waals surface area contributed by atoms with Crippen molar-refractivity contribution in [3.05, 3.63) is 70.5 Å². The van der Waals surface area contributed by atoms with Crippen LogP contribution in [0.5, 0.6) is 5.75 Å². The maximum Gasteiger partial charge on any atom is 0.185 e. The van der Waals surface area contributed by atoms with Gasteiger partial charge in [0.1, 0.15) is 11.6 Å². The summed E-state index contributed by atoms with van der Waals surface area (Å²) < 4.78 is 18.6. The predicted octanol–water partition coefficient (Wildman–Crippen LogP) is 4.38. The summed E-state index contributed by atoms with van der Waals surface area (Å²) in [5.74, 6) is -0.0223. The van der Waals surface area contributed by atoms with E-state index in [1.54, 1.807) is 37.4 Å². The van der Waals surface area contributed by atoms with Crippen molar-refractivity contribution in [1.29, 1.82) is 0 Å². The van der Waals surface area contributed by atoms with Crippen molar-refractivity contribution in [3.8, 4) is 5.75 Å². The third kappa shape index (κ3) is 3.25. The van der Waals surface area contributed by atoms with Gasteiger partial charge in [-0.3, -0.25) is 4.79 Å². The molecule has 2 nitrogen and oxygen atoms in total. The number of hydrogen-bond acceptors (Lipinski definition) is 2. The molecule has 2 aromatic carbocycles. The molecular formula is C16H12ClFO2. The van der Waals surface area contributed by atoms with Crippen LogP contribution in [-0.4, -0.2) is 12.9 Å². The van der Waals surface area contributed by atoms with E-state index in [1.807, 2.05) is 0 Å². The first-order chi connectivity index (χ1) is 9.61. The molecule has 4 heteroatoms. The number of hydrogen-bond donors (Lipinski definition) is 0. The molecule has 0 atom stereocenters. The van der Waals surface area contributed by atoms with Gasteiger partial charge >= 0.3 is 0 Å². The number of rotatable bonds is 4. The van der Waals surface area contributed by atoms with Gasteiger partial charge in [-0.2, -0.15) is 0 Å². The molecule has 0 fully saturated rings. The largest absolute Gasteiger partial charge is 0.497 e. The molecule has 0 unspecified atom stereocenters. The second-order valence-electron chi connectivity index (χ2n) is 4.06. The molecule has 0 N–H and O–H groups in total. The number of ketones is 1. The summed E-state index contributed by atoms with van der Waals surface area (Å²) in [4.78, 5) is 11.9. The van der Waals surface area contributed by atoms with Crippen molar-refractivity contribution in [1.82, 2.24) is 0 Å². The Hall–Kier alpha value is -2.13. The zero-order valence-corrected chi connectivity index (χ0v) is 11.5. The molecule has 20 heavy (non-hydrogen) atoms. The van der Waals surface area contributed by atoms with E-state index < -0.39 is 5.82 Å². The van der Waals surface area contributed by atoms with Gasteiger partial charge in [0.25, 0.3) is 0 Å². The highest BCUT2D eigenvalue weighted by atomic mass is 35.5. The standard InChI is InChI=1S/C16H12ClFO2/c1-20-12-7-5-11(6-8-12)16(19)10-9-13-14(17)3-2-4-15(13)18/h2-10H,1H3/b10-9-. The smallest absolute Gasteiger partial charge is 0.185 e. The molecule has 0 amide bonds. The lowest BCUT2D eigenvalue weighted by atomic mass is 10.1. The van der Waals surface area contributed by atoms with Crippen LogP contribution in [0.15, 0.2) is 48.5 Å². The number of ether oxygens (including phenoxy) is 1. The molecule has 0 saturated heterocycles. The van der Waals surface area contributed by atoms with Gasteiger partial charge in [0.2, 0.25) is 0 Å². The Labute approximate surface area is 121 Å². The molecule has 0 bridgehead atoms.